The molecule has 0 saturated heterocycles. The first-order valence-electron chi connectivity index (χ1n) is 10.2. The maximum absolute atomic E-state index is 11.2. The van der Waals surface area contributed by atoms with Crippen LogP contribution in [0.1, 0.15) is 110 Å². The second-order valence-electron chi connectivity index (χ2n) is 11.7. The van der Waals surface area contributed by atoms with E-state index in [9.17, 15) is 4.79 Å². The van der Waals surface area contributed by atoms with Crippen LogP contribution < -0.4 is 0 Å². The fourth-order valence-electron chi connectivity index (χ4n) is 2.96. The van der Waals surface area contributed by atoms with Gasteiger partial charge in [-0.05, 0) is 17.8 Å². The molecule has 0 radical (unpaired) electrons. The monoisotopic (exact) mass is 405 g/mol. The standard InChI is InChI=1S/C8H16O.C8H18.C8H16.V/c1-6(2)7(9)8(3,4)5;2*1-7(2)6-8(3,4)5;/h6H,1-5H3;7H,6H2,1-5H3;7H,1-5H3;. The van der Waals surface area contributed by atoms with E-state index in [4.69, 9.17) is 0 Å². The molecule has 0 bridgehead atoms. The van der Waals surface area contributed by atoms with Gasteiger partial charge in [-0.3, -0.25) is 4.79 Å². The zero-order valence-corrected chi connectivity index (χ0v) is 22.2. The van der Waals surface area contributed by atoms with E-state index in [2.05, 4.69) is 86.2 Å². The van der Waals surface area contributed by atoms with Crippen LogP contribution in [0.3, 0.4) is 0 Å². The average molecular weight is 406 g/mol. The molecule has 0 aliphatic heterocycles. The van der Waals surface area contributed by atoms with Crippen molar-refractivity contribution in [1.82, 2.24) is 0 Å². The third-order valence-electron chi connectivity index (χ3n) is 3.60. The number of hydrogen-bond acceptors (Lipinski definition) is 1. The van der Waals surface area contributed by atoms with Crippen molar-refractivity contribution in [3.63, 3.8) is 0 Å². The van der Waals surface area contributed by atoms with Gasteiger partial charge in [-0.15, -0.1) is 0 Å². The molecule has 0 atom stereocenters. The topological polar surface area (TPSA) is 17.1 Å². The summed E-state index contributed by atoms with van der Waals surface area (Å²) < 4.78 is 1.52. The molecule has 0 spiro atoms. The van der Waals surface area contributed by atoms with Crippen LogP contribution in [-0.2, 0) is 21.8 Å². The molecule has 0 unspecified atom stereocenters. The van der Waals surface area contributed by atoms with Crippen molar-refractivity contribution >= 4 is 10.0 Å². The molecule has 0 rings (SSSR count). The van der Waals surface area contributed by atoms with Crippen molar-refractivity contribution in [2.75, 3.05) is 0 Å². The van der Waals surface area contributed by atoms with Crippen molar-refractivity contribution in [2.45, 2.75) is 110 Å². The molecule has 26 heavy (non-hydrogen) atoms. The van der Waals surface area contributed by atoms with E-state index in [1.807, 2.05) is 34.6 Å². The molecule has 0 saturated carbocycles. The maximum atomic E-state index is 11.2. The van der Waals surface area contributed by atoms with Crippen LogP contribution in [0.15, 0.2) is 0 Å². The zero-order chi connectivity index (χ0) is 22.1. The van der Waals surface area contributed by atoms with E-state index < -0.39 is 0 Å². The van der Waals surface area contributed by atoms with Gasteiger partial charge in [0.2, 0.25) is 0 Å². The molecule has 0 aromatic rings. The summed E-state index contributed by atoms with van der Waals surface area (Å²) in [5.41, 5.74) is 0.733. The first-order chi connectivity index (χ1) is 11.1. The van der Waals surface area contributed by atoms with Gasteiger partial charge in [0.05, 0.1) is 0 Å². The van der Waals surface area contributed by atoms with Crippen LogP contribution in [0.4, 0.5) is 0 Å². The quantitative estimate of drug-likeness (QED) is 0.469. The summed E-state index contributed by atoms with van der Waals surface area (Å²) in [6.45, 7) is 32.4. The summed E-state index contributed by atoms with van der Waals surface area (Å²) in [6.07, 6.45) is 1.33. The molecule has 0 aromatic heterocycles. The van der Waals surface area contributed by atoms with Gasteiger partial charge in [-0.1, -0.05) is 69.2 Å². The van der Waals surface area contributed by atoms with Crippen LogP contribution in [0, 0.1) is 34.0 Å². The van der Waals surface area contributed by atoms with Crippen LogP contribution in [0.5, 0.6) is 0 Å². The fraction of sp³-hybridized carbons (Fsp3) is 0.917. The van der Waals surface area contributed by atoms with Gasteiger partial charge in [-0.25, -0.2) is 0 Å². The van der Waals surface area contributed by atoms with Gasteiger partial charge in [0.15, 0.2) is 0 Å². The predicted molar refractivity (Wildman–Crippen MR) is 118 cm³/mol. The van der Waals surface area contributed by atoms with Crippen LogP contribution in [0.2, 0.25) is 0 Å². The summed E-state index contributed by atoms with van der Waals surface area (Å²) in [4.78, 5) is 11.2. The fourth-order valence-corrected chi connectivity index (χ4v) is 2.96. The van der Waals surface area contributed by atoms with E-state index in [0.29, 0.717) is 22.5 Å². The molecule has 0 heterocycles. The van der Waals surface area contributed by atoms with Gasteiger partial charge in [0, 0.05) is 11.3 Å². The normalized spacial score (nSPS) is 12.3. The SMILES string of the molecule is CC(C)C(=O)C(C)(C)C.CC(C)CC(C)(C)C.CC(C)[C](=[V])C(C)(C)C. The number of rotatable bonds is 3. The summed E-state index contributed by atoms with van der Waals surface area (Å²) >= 11 is 2.69. The summed E-state index contributed by atoms with van der Waals surface area (Å²) in [6, 6.07) is 0. The Labute approximate surface area is 176 Å². The van der Waals surface area contributed by atoms with E-state index in [1.54, 1.807) is 0 Å². The predicted octanol–water partition coefficient (Wildman–Crippen LogP) is 7.74. The minimum atomic E-state index is -0.159. The zero-order valence-electron chi connectivity index (χ0n) is 20.8. The molecule has 2 heteroatoms. The summed E-state index contributed by atoms with van der Waals surface area (Å²) in [5.74, 6) is 2.05. The molecular weight excluding hydrogens is 355 g/mol. The Kier molecular flexibility index (Phi) is 14.9. The van der Waals surface area contributed by atoms with Crippen molar-refractivity contribution in [2.24, 2.45) is 34.0 Å². The number of ketones is 1. The molecule has 0 N–H and O–H groups in total. The Morgan fingerprint density at radius 2 is 1.04 bits per heavy atom. The summed E-state index contributed by atoms with van der Waals surface area (Å²) in [5, 5.41) is 0. The van der Waals surface area contributed by atoms with Gasteiger partial charge in [0.1, 0.15) is 5.78 Å². The first kappa shape index (κ1) is 30.8. The van der Waals surface area contributed by atoms with Gasteiger partial charge < -0.3 is 0 Å². The van der Waals surface area contributed by atoms with E-state index >= 15 is 0 Å². The average Bonchev–Trinajstić information content (AvgIpc) is 2.32. The second-order valence-corrected chi connectivity index (χ2v) is 12.5. The van der Waals surface area contributed by atoms with Crippen LogP contribution in [0.25, 0.3) is 0 Å². The van der Waals surface area contributed by atoms with Crippen molar-refractivity contribution in [3.05, 3.63) is 0 Å². The molecule has 1 nitrogen and oxygen atoms in total. The third-order valence-corrected chi connectivity index (χ3v) is 5.45. The van der Waals surface area contributed by atoms with E-state index in [0.717, 1.165) is 5.92 Å². The van der Waals surface area contributed by atoms with Gasteiger partial charge >= 0.3 is 67.2 Å². The van der Waals surface area contributed by atoms with E-state index in [1.165, 1.54) is 10.6 Å². The Hall–Kier alpha value is 0.124. The molecule has 0 fully saturated rings. The van der Waals surface area contributed by atoms with Gasteiger partial charge in [-0.2, -0.15) is 0 Å². The van der Waals surface area contributed by atoms with Crippen molar-refractivity contribution in [3.8, 4) is 0 Å². The molecule has 0 aliphatic rings. The number of hydrogen-bond donors (Lipinski definition) is 0. The molecule has 157 valence electrons. The second kappa shape index (κ2) is 12.6. The third kappa shape index (κ3) is 20.4. The molecule has 0 aromatic carbocycles. The van der Waals surface area contributed by atoms with Gasteiger partial charge in [0.25, 0.3) is 0 Å². The Morgan fingerprint density at radius 1 is 0.692 bits per heavy atom. The first-order valence-corrected chi connectivity index (χ1v) is 10.9. The Morgan fingerprint density at radius 3 is 1.04 bits per heavy atom. The van der Waals surface area contributed by atoms with Crippen LogP contribution in [-0.4, -0.2) is 10.0 Å². The van der Waals surface area contributed by atoms with E-state index in [-0.39, 0.29) is 11.3 Å². The molecular formula is C24H50OV. The number of carbonyl (C=O) groups excluding carboxylic acids is 1. The molecule has 0 aliphatic carbocycles. The molecule has 0 amide bonds. The Bertz CT molecular complexity index is 365. The Balaban J connectivity index is -0.000000306. The van der Waals surface area contributed by atoms with Crippen LogP contribution >= 0.6 is 0 Å². The van der Waals surface area contributed by atoms with Crippen molar-refractivity contribution in [1.29, 1.82) is 0 Å². The minimum absolute atomic E-state index is 0.159. The number of Topliss-reactive ketones (excluding diaryl/α,β-unsaturated/α-hetero) is 1. The number of carbonyl (C=O) groups is 1. The summed E-state index contributed by atoms with van der Waals surface area (Å²) in [7, 11) is 0. The van der Waals surface area contributed by atoms with Crippen molar-refractivity contribution < 1.29 is 21.8 Å².